The van der Waals surface area contributed by atoms with E-state index in [0.29, 0.717) is 12.7 Å². The summed E-state index contributed by atoms with van der Waals surface area (Å²) in [4.78, 5) is 4.58. The number of ether oxygens (including phenoxy) is 1. The molecular weight excluding hydrogens is 244 g/mol. The molecule has 1 saturated carbocycles. The monoisotopic (exact) mass is 268 g/mol. The van der Waals surface area contributed by atoms with Crippen molar-refractivity contribution < 1.29 is 4.74 Å². The van der Waals surface area contributed by atoms with Gasteiger partial charge in [0.15, 0.2) is 0 Å². The molecule has 102 valence electrons. The third-order valence-corrected chi connectivity index (χ3v) is 4.45. The summed E-state index contributed by atoms with van der Waals surface area (Å²) in [6.07, 6.45) is 5.52. The number of aromatic nitrogens is 1. The molecule has 2 rings (SSSR count). The van der Waals surface area contributed by atoms with Crippen molar-refractivity contribution in [1.82, 2.24) is 10.3 Å². The van der Waals surface area contributed by atoms with Gasteiger partial charge in [-0.05, 0) is 38.1 Å². The van der Waals surface area contributed by atoms with Crippen LogP contribution < -0.4 is 5.32 Å². The van der Waals surface area contributed by atoms with Crippen LogP contribution in [0.2, 0.25) is 0 Å². The second-order valence-electron chi connectivity index (χ2n) is 5.21. The number of rotatable bonds is 6. The molecule has 0 bridgehead atoms. The molecule has 4 heteroatoms. The van der Waals surface area contributed by atoms with Crippen LogP contribution >= 0.6 is 11.3 Å². The molecule has 1 aromatic rings. The number of thiazole rings is 1. The normalized spacial score (nSPS) is 24.3. The lowest BCUT2D eigenvalue weighted by atomic mass is 9.89. The summed E-state index contributed by atoms with van der Waals surface area (Å²) in [6, 6.07) is 0. The van der Waals surface area contributed by atoms with Crippen LogP contribution in [0.25, 0.3) is 0 Å². The molecule has 0 spiro atoms. The quantitative estimate of drug-likeness (QED) is 0.859. The van der Waals surface area contributed by atoms with Crippen LogP contribution in [0.5, 0.6) is 0 Å². The highest BCUT2D eigenvalue weighted by Gasteiger charge is 2.18. The van der Waals surface area contributed by atoms with Crippen molar-refractivity contribution in [3.63, 3.8) is 0 Å². The van der Waals surface area contributed by atoms with E-state index in [1.807, 2.05) is 0 Å². The molecule has 0 amide bonds. The fraction of sp³-hybridized carbons (Fsp3) is 0.786. The summed E-state index contributed by atoms with van der Waals surface area (Å²) in [5, 5.41) is 6.58. The molecule has 1 fully saturated rings. The first-order valence-corrected chi connectivity index (χ1v) is 7.91. The number of hydrogen-bond acceptors (Lipinski definition) is 4. The average molecular weight is 268 g/mol. The van der Waals surface area contributed by atoms with Gasteiger partial charge in [-0.2, -0.15) is 0 Å². The van der Waals surface area contributed by atoms with E-state index in [9.17, 15) is 0 Å². The standard InChI is InChI=1S/C14H24N2OS/c1-3-15-8-14-16-12(10-18-14)9-17-13-6-4-11(2)5-7-13/h10-11,13,15H,3-9H2,1-2H3. The summed E-state index contributed by atoms with van der Waals surface area (Å²) in [7, 11) is 0. The van der Waals surface area contributed by atoms with Crippen LogP contribution in [-0.2, 0) is 17.9 Å². The van der Waals surface area contributed by atoms with Crippen LogP contribution in [0.15, 0.2) is 5.38 Å². The van der Waals surface area contributed by atoms with Crippen LogP contribution in [0, 0.1) is 5.92 Å². The Morgan fingerprint density at radius 1 is 1.39 bits per heavy atom. The summed E-state index contributed by atoms with van der Waals surface area (Å²) < 4.78 is 5.96. The van der Waals surface area contributed by atoms with E-state index < -0.39 is 0 Å². The van der Waals surface area contributed by atoms with Gasteiger partial charge in [-0.3, -0.25) is 0 Å². The summed E-state index contributed by atoms with van der Waals surface area (Å²) >= 11 is 1.72. The maximum atomic E-state index is 5.96. The molecule has 0 aliphatic heterocycles. The SMILES string of the molecule is CCNCc1nc(COC2CCC(C)CC2)cs1. The van der Waals surface area contributed by atoms with Gasteiger partial charge in [-0.15, -0.1) is 11.3 Å². The molecule has 0 aromatic carbocycles. The zero-order valence-electron chi connectivity index (χ0n) is 11.4. The van der Waals surface area contributed by atoms with Crippen molar-refractivity contribution in [2.45, 2.75) is 58.8 Å². The molecule has 1 N–H and O–H groups in total. The van der Waals surface area contributed by atoms with Gasteiger partial charge in [0.05, 0.1) is 18.4 Å². The van der Waals surface area contributed by atoms with Gasteiger partial charge in [-0.1, -0.05) is 13.8 Å². The van der Waals surface area contributed by atoms with E-state index in [1.165, 1.54) is 25.7 Å². The molecule has 1 aliphatic carbocycles. The maximum Gasteiger partial charge on any atom is 0.107 e. The Labute approximate surface area is 114 Å². The number of nitrogens with one attached hydrogen (secondary N) is 1. The van der Waals surface area contributed by atoms with E-state index in [-0.39, 0.29) is 0 Å². The molecule has 0 radical (unpaired) electrons. The van der Waals surface area contributed by atoms with E-state index in [4.69, 9.17) is 4.74 Å². The highest BCUT2D eigenvalue weighted by atomic mass is 32.1. The maximum absolute atomic E-state index is 5.96. The van der Waals surface area contributed by atoms with Crippen LogP contribution in [0.3, 0.4) is 0 Å². The van der Waals surface area contributed by atoms with Crippen LogP contribution in [0.4, 0.5) is 0 Å². The van der Waals surface area contributed by atoms with Crippen molar-refractivity contribution in [2.75, 3.05) is 6.54 Å². The molecule has 18 heavy (non-hydrogen) atoms. The van der Waals surface area contributed by atoms with E-state index in [0.717, 1.165) is 29.7 Å². The third kappa shape index (κ3) is 4.34. The fourth-order valence-electron chi connectivity index (χ4n) is 2.33. The molecule has 1 aliphatic rings. The van der Waals surface area contributed by atoms with Gasteiger partial charge < -0.3 is 10.1 Å². The Morgan fingerprint density at radius 3 is 2.89 bits per heavy atom. The third-order valence-electron chi connectivity index (χ3n) is 3.56. The van der Waals surface area contributed by atoms with Gasteiger partial charge in [0.25, 0.3) is 0 Å². The zero-order valence-corrected chi connectivity index (χ0v) is 12.3. The molecule has 1 aromatic heterocycles. The molecule has 3 nitrogen and oxygen atoms in total. The first-order valence-electron chi connectivity index (χ1n) is 7.03. The molecule has 0 unspecified atom stereocenters. The van der Waals surface area contributed by atoms with Crippen LogP contribution in [0.1, 0.15) is 50.2 Å². The topological polar surface area (TPSA) is 34.2 Å². The minimum atomic E-state index is 0.458. The van der Waals surface area contributed by atoms with E-state index >= 15 is 0 Å². The first-order chi connectivity index (χ1) is 8.78. The molecule has 0 saturated heterocycles. The van der Waals surface area contributed by atoms with Gasteiger partial charge in [0, 0.05) is 11.9 Å². The van der Waals surface area contributed by atoms with Crippen LogP contribution in [-0.4, -0.2) is 17.6 Å². The van der Waals surface area contributed by atoms with Crippen molar-refractivity contribution >= 4 is 11.3 Å². The Hall–Kier alpha value is -0.450. The van der Waals surface area contributed by atoms with Crippen molar-refractivity contribution in [2.24, 2.45) is 5.92 Å². The van der Waals surface area contributed by atoms with Crippen molar-refractivity contribution in [1.29, 1.82) is 0 Å². The summed E-state index contributed by atoms with van der Waals surface area (Å²) in [5.41, 5.74) is 1.09. The molecule has 0 atom stereocenters. The number of hydrogen-bond donors (Lipinski definition) is 1. The largest absolute Gasteiger partial charge is 0.372 e. The second kappa shape index (κ2) is 7.22. The highest BCUT2D eigenvalue weighted by molar-refractivity contribution is 7.09. The predicted octanol–water partition coefficient (Wildman–Crippen LogP) is 3.35. The predicted molar refractivity (Wildman–Crippen MR) is 75.7 cm³/mol. The highest BCUT2D eigenvalue weighted by Crippen LogP contribution is 2.26. The van der Waals surface area contributed by atoms with E-state index in [1.54, 1.807) is 11.3 Å². The summed E-state index contributed by atoms with van der Waals surface area (Å²) in [6.45, 7) is 7.00. The number of nitrogens with zero attached hydrogens (tertiary/aromatic N) is 1. The first kappa shape index (κ1) is 14.0. The fourth-order valence-corrected chi connectivity index (χ4v) is 3.08. The van der Waals surface area contributed by atoms with Gasteiger partial charge in [0.2, 0.25) is 0 Å². The van der Waals surface area contributed by atoms with E-state index in [2.05, 4.69) is 29.5 Å². The lowest BCUT2D eigenvalue weighted by Gasteiger charge is -2.25. The van der Waals surface area contributed by atoms with Gasteiger partial charge in [0.1, 0.15) is 5.01 Å². The Kier molecular flexibility index (Phi) is 5.60. The Bertz CT molecular complexity index is 345. The molecule has 1 heterocycles. The van der Waals surface area contributed by atoms with Gasteiger partial charge >= 0.3 is 0 Å². The lowest BCUT2D eigenvalue weighted by Crippen LogP contribution is -2.20. The van der Waals surface area contributed by atoms with Crippen molar-refractivity contribution in [3.8, 4) is 0 Å². The minimum Gasteiger partial charge on any atom is -0.372 e. The van der Waals surface area contributed by atoms with Crippen molar-refractivity contribution in [3.05, 3.63) is 16.1 Å². The minimum absolute atomic E-state index is 0.458. The Morgan fingerprint density at radius 2 is 2.17 bits per heavy atom. The zero-order chi connectivity index (χ0) is 12.8. The second-order valence-corrected chi connectivity index (χ2v) is 6.15. The average Bonchev–Trinajstić information content (AvgIpc) is 2.84. The summed E-state index contributed by atoms with van der Waals surface area (Å²) in [5.74, 6) is 0.885. The smallest absolute Gasteiger partial charge is 0.107 e. The Balaban J connectivity index is 1.71. The van der Waals surface area contributed by atoms with Gasteiger partial charge in [-0.25, -0.2) is 4.98 Å². The molecular formula is C14H24N2OS. The lowest BCUT2D eigenvalue weighted by molar-refractivity contribution is 0.00744.